The summed E-state index contributed by atoms with van der Waals surface area (Å²) in [5.74, 6) is 0. The zero-order chi connectivity index (χ0) is 15.6. The van der Waals surface area contributed by atoms with E-state index < -0.39 is 10.0 Å². The Kier molecular flexibility index (Phi) is 4.75. The summed E-state index contributed by atoms with van der Waals surface area (Å²) >= 11 is 3.40. The second-order valence-electron chi connectivity index (χ2n) is 4.88. The van der Waals surface area contributed by atoms with E-state index in [1.807, 2.05) is 27.1 Å². The van der Waals surface area contributed by atoms with Gasteiger partial charge in [-0.25, -0.2) is 8.42 Å². The summed E-state index contributed by atoms with van der Waals surface area (Å²) < 4.78 is 30.2. The molecule has 1 aromatic heterocycles. The molecule has 5 nitrogen and oxygen atoms in total. The van der Waals surface area contributed by atoms with Gasteiger partial charge < -0.3 is 9.88 Å². The van der Waals surface area contributed by atoms with Crippen molar-refractivity contribution in [1.29, 1.82) is 0 Å². The van der Waals surface area contributed by atoms with Gasteiger partial charge in [-0.3, -0.25) is 4.72 Å². The third-order valence-electron chi connectivity index (χ3n) is 3.16. The van der Waals surface area contributed by atoms with Crippen LogP contribution in [-0.2, 0) is 23.6 Å². The van der Waals surface area contributed by atoms with E-state index in [2.05, 4.69) is 26.0 Å². The molecular weight excluding hydrogens is 354 g/mol. The second kappa shape index (κ2) is 6.21. The molecule has 7 heteroatoms. The molecule has 2 N–H and O–H groups in total. The summed E-state index contributed by atoms with van der Waals surface area (Å²) in [6.07, 6.45) is 1.61. The normalized spacial score (nSPS) is 11.6. The van der Waals surface area contributed by atoms with Gasteiger partial charge in [0, 0.05) is 35.6 Å². The van der Waals surface area contributed by atoms with E-state index in [0.29, 0.717) is 12.2 Å². The molecule has 21 heavy (non-hydrogen) atoms. The number of halogens is 1. The molecular formula is C14H18BrN3O2S. The zero-order valence-electron chi connectivity index (χ0n) is 12.1. The number of hydrogen-bond donors (Lipinski definition) is 2. The maximum atomic E-state index is 12.4. The molecule has 1 aromatic carbocycles. The van der Waals surface area contributed by atoms with Crippen molar-refractivity contribution in [1.82, 2.24) is 9.88 Å². The zero-order valence-corrected chi connectivity index (χ0v) is 14.5. The molecule has 114 valence electrons. The summed E-state index contributed by atoms with van der Waals surface area (Å²) in [6, 6.07) is 7.01. The van der Waals surface area contributed by atoms with E-state index in [1.165, 1.54) is 0 Å². The van der Waals surface area contributed by atoms with Gasteiger partial charge in [-0.1, -0.05) is 15.9 Å². The maximum absolute atomic E-state index is 12.4. The van der Waals surface area contributed by atoms with Gasteiger partial charge in [0.25, 0.3) is 10.0 Å². The molecule has 0 atom stereocenters. The van der Waals surface area contributed by atoms with Crippen LogP contribution in [0.15, 0.2) is 39.8 Å². The molecule has 0 fully saturated rings. The minimum atomic E-state index is -3.58. The number of rotatable bonds is 5. The Morgan fingerprint density at radius 2 is 2.00 bits per heavy atom. The number of benzene rings is 1. The van der Waals surface area contributed by atoms with E-state index in [9.17, 15) is 8.42 Å². The fourth-order valence-electron chi connectivity index (χ4n) is 2.00. The van der Waals surface area contributed by atoms with E-state index in [1.54, 1.807) is 29.0 Å². The smallest absolute Gasteiger partial charge is 0.263 e. The first kappa shape index (κ1) is 16.1. The molecule has 1 heterocycles. The van der Waals surface area contributed by atoms with Gasteiger partial charge in [0.1, 0.15) is 4.90 Å². The van der Waals surface area contributed by atoms with E-state index in [-0.39, 0.29) is 4.90 Å². The van der Waals surface area contributed by atoms with Crippen molar-refractivity contribution in [2.24, 2.45) is 7.05 Å². The van der Waals surface area contributed by atoms with Gasteiger partial charge in [-0.2, -0.15) is 0 Å². The molecule has 2 aromatic rings. The fourth-order valence-corrected chi connectivity index (χ4v) is 3.39. The Hall–Kier alpha value is -1.31. The lowest BCUT2D eigenvalue weighted by Crippen LogP contribution is -2.12. The number of hydrogen-bond acceptors (Lipinski definition) is 3. The van der Waals surface area contributed by atoms with Crippen molar-refractivity contribution in [3.05, 3.63) is 46.2 Å². The van der Waals surface area contributed by atoms with Gasteiger partial charge >= 0.3 is 0 Å². The van der Waals surface area contributed by atoms with E-state index >= 15 is 0 Å². The Labute approximate surface area is 133 Å². The van der Waals surface area contributed by atoms with Gasteiger partial charge in [-0.15, -0.1) is 0 Å². The highest BCUT2D eigenvalue weighted by molar-refractivity contribution is 9.10. The number of aryl methyl sites for hydroxylation is 2. The van der Waals surface area contributed by atoms with Crippen LogP contribution in [0.4, 0.5) is 5.69 Å². The predicted molar refractivity (Wildman–Crippen MR) is 87.9 cm³/mol. The lowest BCUT2D eigenvalue weighted by Gasteiger charge is -2.08. The topological polar surface area (TPSA) is 63.1 Å². The highest BCUT2D eigenvalue weighted by Gasteiger charge is 2.17. The maximum Gasteiger partial charge on any atom is 0.263 e. The van der Waals surface area contributed by atoms with Crippen molar-refractivity contribution in [3.8, 4) is 0 Å². The summed E-state index contributed by atoms with van der Waals surface area (Å²) in [4.78, 5) is 0.260. The summed E-state index contributed by atoms with van der Waals surface area (Å²) in [5, 5.41) is 3.01. The van der Waals surface area contributed by atoms with Crippen LogP contribution in [-0.4, -0.2) is 20.0 Å². The lowest BCUT2D eigenvalue weighted by molar-refractivity contribution is 0.601. The van der Waals surface area contributed by atoms with E-state index in [4.69, 9.17) is 0 Å². The van der Waals surface area contributed by atoms with Crippen molar-refractivity contribution >= 4 is 31.6 Å². The van der Waals surface area contributed by atoms with Crippen molar-refractivity contribution < 1.29 is 8.42 Å². The molecule has 0 aliphatic carbocycles. The molecule has 2 rings (SSSR count). The van der Waals surface area contributed by atoms with Gasteiger partial charge in [0.15, 0.2) is 0 Å². The third kappa shape index (κ3) is 3.66. The quantitative estimate of drug-likeness (QED) is 0.848. The Balaban J connectivity index is 2.29. The molecule has 0 unspecified atom stereocenters. The molecule has 0 aliphatic heterocycles. The predicted octanol–water partition coefficient (Wildman–Crippen LogP) is 2.62. The SMILES string of the molecule is CNCc1cc(S(=O)(=O)Nc2ccc(Br)c(C)c2)cn1C. The summed E-state index contributed by atoms with van der Waals surface area (Å²) in [7, 11) is 0.0754. The number of nitrogens with zero attached hydrogens (tertiary/aromatic N) is 1. The number of anilines is 1. The van der Waals surface area contributed by atoms with Crippen LogP contribution in [0.1, 0.15) is 11.3 Å². The molecule has 0 aliphatic rings. The van der Waals surface area contributed by atoms with E-state index in [0.717, 1.165) is 15.7 Å². The van der Waals surface area contributed by atoms with Crippen LogP contribution in [0.5, 0.6) is 0 Å². The minimum absolute atomic E-state index is 0.260. The molecule has 0 radical (unpaired) electrons. The van der Waals surface area contributed by atoms with Crippen LogP contribution in [0.3, 0.4) is 0 Å². The minimum Gasteiger partial charge on any atom is -0.352 e. The third-order valence-corrected chi connectivity index (χ3v) is 5.40. The highest BCUT2D eigenvalue weighted by Crippen LogP contribution is 2.23. The Morgan fingerprint density at radius 1 is 1.29 bits per heavy atom. The first-order valence-electron chi connectivity index (χ1n) is 6.42. The average Bonchev–Trinajstić information content (AvgIpc) is 2.77. The summed E-state index contributed by atoms with van der Waals surface area (Å²) in [5.41, 5.74) is 2.43. The monoisotopic (exact) mass is 371 g/mol. The summed E-state index contributed by atoms with van der Waals surface area (Å²) in [6.45, 7) is 2.53. The number of nitrogens with one attached hydrogen (secondary N) is 2. The van der Waals surface area contributed by atoms with Crippen molar-refractivity contribution in [2.45, 2.75) is 18.4 Å². The van der Waals surface area contributed by atoms with Crippen LogP contribution in [0.2, 0.25) is 0 Å². The second-order valence-corrected chi connectivity index (χ2v) is 7.41. The Morgan fingerprint density at radius 3 is 2.62 bits per heavy atom. The van der Waals surface area contributed by atoms with Crippen LogP contribution >= 0.6 is 15.9 Å². The molecule has 0 saturated heterocycles. The molecule has 0 amide bonds. The van der Waals surface area contributed by atoms with Crippen LogP contribution < -0.4 is 10.0 Å². The highest BCUT2D eigenvalue weighted by atomic mass is 79.9. The lowest BCUT2D eigenvalue weighted by atomic mass is 10.2. The first-order chi connectivity index (χ1) is 9.83. The average molecular weight is 372 g/mol. The number of aromatic nitrogens is 1. The number of sulfonamides is 1. The van der Waals surface area contributed by atoms with Gasteiger partial charge in [0.05, 0.1) is 0 Å². The van der Waals surface area contributed by atoms with Crippen molar-refractivity contribution in [3.63, 3.8) is 0 Å². The molecule has 0 spiro atoms. The standard InChI is InChI=1S/C14H18BrN3O2S/c1-10-6-11(4-5-14(10)15)17-21(19,20)13-7-12(8-16-2)18(3)9-13/h4-7,9,16-17H,8H2,1-3H3. The fraction of sp³-hybridized carbons (Fsp3) is 0.286. The molecule has 0 bridgehead atoms. The van der Waals surface area contributed by atoms with Gasteiger partial charge in [0.2, 0.25) is 0 Å². The van der Waals surface area contributed by atoms with Crippen LogP contribution in [0.25, 0.3) is 0 Å². The Bertz CT molecular complexity index is 754. The first-order valence-corrected chi connectivity index (χ1v) is 8.70. The largest absolute Gasteiger partial charge is 0.352 e. The van der Waals surface area contributed by atoms with Crippen molar-refractivity contribution in [2.75, 3.05) is 11.8 Å². The van der Waals surface area contributed by atoms with Gasteiger partial charge in [-0.05, 0) is 43.8 Å². The molecule has 0 saturated carbocycles. The van der Waals surface area contributed by atoms with Crippen LogP contribution in [0, 0.1) is 6.92 Å².